The Hall–Kier alpha value is -1.09. The molecule has 0 spiro atoms. The van der Waals surface area contributed by atoms with E-state index in [2.05, 4.69) is 12.2 Å². The molecule has 0 saturated heterocycles. The Labute approximate surface area is 118 Å². The molecule has 1 aromatic carbocycles. The third-order valence-electron chi connectivity index (χ3n) is 3.85. The molecule has 1 saturated carbocycles. The molecule has 4 heteroatoms. The van der Waals surface area contributed by atoms with Crippen LogP contribution in [0.5, 0.6) is 0 Å². The van der Waals surface area contributed by atoms with Crippen LogP contribution in [-0.2, 0) is 0 Å². The Morgan fingerprint density at radius 2 is 2.05 bits per heavy atom. The van der Waals surface area contributed by atoms with Crippen molar-refractivity contribution in [3.05, 3.63) is 34.6 Å². The van der Waals surface area contributed by atoms with E-state index in [9.17, 15) is 9.18 Å². The van der Waals surface area contributed by atoms with E-state index in [1.54, 1.807) is 0 Å². The smallest absolute Gasteiger partial charge is 0.254 e. The maximum absolute atomic E-state index is 13.6. The van der Waals surface area contributed by atoms with Crippen LogP contribution < -0.4 is 5.32 Å². The van der Waals surface area contributed by atoms with Crippen molar-refractivity contribution in [1.29, 1.82) is 0 Å². The Bertz CT molecular complexity index is 463. The van der Waals surface area contributed by atoms with E-state index >= 15 is 0 Å². The van der Waals surface area contributed by atoms with Crippen molar-refractivity contribution in [2.45, 2.75) is 45.1 Å². The van der Waals surface area contributed by atoms with Gasteiger partial charge in [0.25, 0.3) is 5.91 Å². The first-order valence-electron chi connectivity index (χ1n) is 6.84. The summed E-state index contributed by atoms with van der Waals surface area (Å²) >= 11 is 5.81. The SMILES string of the molecule is CC1CCCCCC1NC(=O)c1cc(Cl)ccc1F. The fourth-order valence-corrected chi connectivity index (χ4v) is 2.80. The average Bonchev–Trinajstić information content (AvgIpc) is 2.58. The van der Waals surface area contributed by atoms with Crippen LogP contribution in [-0.4, -0.2) is 11.9 Å². The lowest BCUT2D eigenvalue weighted by molar-refractivity contribution is 0.0917. The summed E-state index contributed by atoms with van der Waals surface area (Å²) in [6, 6.07) is 4.19. The van der Waals surface area contributed by atoms with Gasteiger partial charge in [-0.25, -0.2) is 4.39 Å². The van der Waals surface area contributed by atoms with Gasteiger partial charge >= 0.3 is 0 Å². The van der Waals surface area contributed by atoms with Gasteiger partial charge < -0.3 is 5.32 Å². The molecule has 2 atom stereocenters. The second-order valence-corrected chi connectivity index (χ2v) is 5.76. The van der Waals surface area contributed by atoms with Crippen molar-refractivity contribution in [3.63, 3.8) is 0 Å². The van der Waals surface area contributed by atoms with E-state index in [0.717, 1.165) is 19.3 Å². The van der Waals surface area contributed by atoms with Crippen molar-refractivity contribution in [2.75, 3.05) is 0 Å². The molecule has 0 heterocycles. The monoisotopic (exact) mass is 283 g/mol. The van der Waals surface area contributed by atoms with Crippen LogP contribution in [0.15, 0.2) is 18.2 Å². The maximum Gasteiger partial charge on any atom is 0.254 e. The molecule has 1 aromatic rings. The summed E-state index contributed by atoms with van der Waals surface area (Å²) in [4.78, 5) is 12.1. The minimum absolute atomic E-state index is 0.0314. The van der Waals surface area contributed by atoms with Crippen LogP contribution in [0.25, 0.3) is 0 Å². The second kappa shape index (κ2) is 6.38. The van der Waals surface area contributed by atoms with Gasteiger partial charge in [-0.15, -0.1) is 0 Å². The highest BCUT2D eigenvalue weighted by Gasteiger charge is 2.23. The predicted molar refractivity (Wildman–Crippen MR) is 74.9 cm³/mol. The number of nitrogens with one attached hydrogen (secondary N) is 1. The number of halogens is 2. The van der Waals surface area contributed by atoms with Gasteiger partial charge in [-0.05, 0) is 37.0 Å². The van der Waals surface area contributed by atoms with Gasteiger partial charge in [0.2, 0.25) is 0 Å². The molecule has 0 radical (unpaired) electrons. The van der Waals surface area contributed by atoms with Crippen molar-refractivity contribution < 1.29 is 9.18 Å². The van der Waals surface area contributed by atoms with E-state index in [1.165, 1.54) is 31.0 Å². The summed E-state index contributed by atoms with van der Waals surface area (Å²) in [5, 5.41) is 3.33. The van der Waals surface area contributed by atoms with E-state index in [1.807, 2.05) is 0 Å². The van der Waals surface area contributed by atoms with Gasteiger partial charge in [-0.1, -0.05) is 37.8 Å². The summed E-state index contributed by atoms with van der Waals surface area (Å²) < 4.78 is 13.6. The average molecular weight is 284 g/mol. The Balaban J connectivity index is 2.09. The number of rotatable bonds is 2. The first-order valence-corrected chi connectivity index (χ1v) is 7.21. The van der Waals surface area contributed by atoms with E-state index < -0.39 is 5.82 Å². The van der Waals surface area contributed by atoms with Crippen LogP contribution in [0, 0.1) is 11.7 Å². The standard InChI is InChI=1S/C15H19ClFNO/c1-10-5-3-2-4-6-14(10)18-15(19)12-9-11(16)7-8-13(12)17/h7-10,14H,2-6H2,1H3,(H,18,19). The first-order chi connectivity index (χ1) is 9.08. The van der Waals surface area contributed by atoms with Crippen LogP contribution >= 0.6 is 11.6 Å². The number of benzene rings is 1. The fraction of sp³-hybridized carbons (Fsp3) is 0.533. The summed E-state index contributed by atoms with van der Waals surface area (Å²) in [6.07, 6.45) is 5.62. The molecule has 0 bridgehead atoms. The molecule has 1 N–H and O–H groups in total. The molecule has 19 heavy (non-hydrogen) atoms. The molecule has 0 aromatic heterocycles. The Kier molecular flexibility index (Phi) is 4.81. The van der Waals surface area contributed by atoms with E-state index in [0.29, 0.717) is 10.9 Å². The lowest BCUT2D eigenvalue weighted by Crippen LogP contribution is -2.39. The van der Waals surface area contributed by atoms with Gasteiger partial charge in [-0.2, -0.15) is 0 Å². The molecule has 1 amide bonds. The highest BCUT2D eigenvalue weighted by molar-refractivity contribution is 6.31. The van der Waals surface area contributed by atoms with Gasteiger partial charge in [0.05, 0.1) is 5.56 Å². The number of amides is 1. The molecular formula is C15H19ClFNO. The van der Waals surface area contributed by atoms with E-state index in [-0.39, 0.29) is 17.5 Å². The van der Waals surface area contributed by atoms with Crippen molar-refractivity contribution in [2.24, 2.45) is 5.92 Å². The van der Waals surface area contributed by atoms with Crippen LogP contribution in [0.2, 0.25) is 5.02 Å². The minimum atomic E-state index is -0.525. The quantitative estimate of drug-likeness (QED) is 0.811. The number of carbonyl (C=O) groups is 1. The maximum atomic E-state index is 13.6. The van der Waals surface area contributed by atoms with Gasteiger partial charge in [-0.3, -0.25) is 4.79 Å². The molecule has 2 nitrogen and oxygen atoms in total. The van der Waals surface area contributed by atoms with Gasteiger partial charge in [0, 0.05) is 11.1 Å². The molecule has 2 unspecified atom stereocenters. The molecule has 0 aliphatic heterocycles. The zero-order valence-corrected chi connectivity index (χ0v) is 11.8. The lowest BCUT2D eigenvalue weighted by atomic mass is 9.96. The normalized spacial score (nSPS) is 23.7. The van der Waals surface area contributed by atoms with Gasteiger partial charge in [0.15, 0.2) is 0 Å². The molecule has 104 valence electrons. The summed E-state index contributed by atoms with van der Waals surface area (Å²) in [6.45, 7) is 2.14. The summed E-state index contributed by atoms with van der Waals surface area (Å²) in [7, 11) is 0. The van der Waals surface area contributed by atoms with E-state index in [4.69, 9.17) is 11.6 Å². The van der Waals surface area contributed by atoms with Crippen LogP contribution in [0.4, 0.5) is 4.39 Å². The predicted octanol–water partition coefficient (Wildman–Crippen LogP) is 4.18. The highest BCUT2D eigenvalue weighted by Crippen LogP contribution is 2.23. The first kappa shape index (κ1) is 14.3. The van der Waals surface area contributed by atoms with Crippen LogP contribution in [0.3, 0.4) is 0 Å². The summed E-state index contributed by atoms with van der Waals surface area (Å²) in [5.74, 6) is -0.448. The number of carbonyl (C=O) groups excluding carboxylic acids is 1. The van der Waals surface area contributed by atoms with Crippen LogP contribution in [0.1, 0.15) is 49.4 Å². The van der Waals surface area contributed by atoms with Gasteiger partial charge in [0.1, 0.15) is 5.82 Å². The van der Waals surface area contributed by atoms with Crippen molar-refractivity contribution >= 4 is 17.5 Å². The zero-order valence-electron chi connectivity index (χ0n) is 11.1. The van der Waals surface area contributed by atoms with Crippen molar-refractivity contribution in [3.8, 4) is 0 Å². The number of hydrogen-bond acceptors (Lipinski definition) is 1. The summed E-state index contributed by atoms with van der Waals surface area (Å²) in [5.41, 5.74) is 0.0314. The largest absolute Gasteiger partial charge is 0.349 e. The number of hydrogen-bond donors (Lipinski definition) is 1. The Morgan fingerprint density at radius 1 is 1.32 bits per heavy atom. The minimum Gasteiger partial charge on any atom is -0.349 e. The molecule has 1 fully saturated rings. The molecule has 1 aliphatic carbocycles. The third kappa shape index (κ3) is 3.69. The van der Waals surface area contributed by atoms with Crippen molar-refractivity contribution in [1.82, 2.24) is 5.32 Å². The molecule has 1 aliphatic rings. The molecule has 2 rings (SSSR count). The third-order valence-corrected chi connectivity index (χ3v) is 4.09. The Morgan fingerprint density at radius 3 is 2.84 bits per heavy atom. The second-order valence-electron chi connectivity index (χ2n) is 5.32. The lowest BCUT2D eigenvalue weighted by Gasteiger charge is -2.23. The topological polar surface area (TPSA) is 29.1 Å². The fourth-order valence-electron chi connectivity index (χ4n) is 2.63. The highest BCUT2D eigenvalue weighted by atomic mass is 35.5. The molecular weight excluding hydrogens is 265 g/mol. The zero-order chi connectivity index (χ0) is 13.8.